The Kier molecular flexibility index (Phi) is 3.16. The van der Waals surface area contributed by atoms with E-state index in [1.54, 1.807) is 6.07 Å². The zero-order valence-corrected chi connectivity index (χ0v) is 12.2. The zero-order valence-electron chi connectivity index (χ0n) is 12.2. The van der Waals surface area contributed by atoms with Crippen molar-refractivity contribution in [1.29, 1.82) is 5.26 Å². The molecule has 4 rings (SSSR count). The van der Waals surface area contributed by atoms with E-state index >= 15 is 0 Å². The maximum atomic E-state index is 13.6. The number of fused-ring (bicyclic) bond motifs is 2. The fourth-order valence-electron chi connectivity index (χ4n) is 2.93. The van der Waals surface area contributed by atoms with Gasteiger partial charge >= 0.3 is 0 Å². The van der Waals surface area contributed by atoms with Gasteiger partial charge in [0.05, 0.1) is 18.2 Å². The summed E-state index contributed by atoms with van der Waals surface area (Å²) in [4.78, 5) is 3.29. The average Bonchev–Trinajstić information content (AvgIpc) is 2.93. The molecule has 0 radical (unpaired) electrons. The summed E-state index contributed by atoms with van der Waals surface area (Å²) in [6.45, 7) is 1.05. The monoisotopic (exact) mass is 308 g/mol. The molecule has 0 spiro atoms. The molecule has 0 amide bonds. The highest BCUT2D eigenvalue weighted by atomic mass is 19.1. The van der Waals surface area contributed by atoms with Gasteiger partial charge in [0, 0.05) is 16.5 Å². The minimum atomic E-state index is -0.315. The van der Waals surface area contributed by atoms with Crippen molar-refractivity contribution in [2.24, 2.45) is 0 Å². The Labute approximate surface area is 132 Å². The van der Waals surface area contributed by atoms with Crippen LogP contribution in [0.3, 0.4) is 0 Å². The Morgan fingerprint density at radius 1 is 1.09 bits per heavy atom. The van der Waals surface area contributed by atoms with Crippen molar-refractivity contribution in [1.82, 2.24) is 4.98 Å². The number of nitrogens with zero attached hydrogens (tertiary/aromatic N) is 1. The molecule has 0 unspecified atom stereocenters. The minimum absolute atomic E-state index is 0.202. The third-order valence-electron chi connectivity index (χ3n) is 3.95. The molecule has 0 saturated heterocycles. The second-order valence-electron chi connectivity index (χ2n) is 5.36. The van der Waals surface area contributed by atoms with E-state index in [-0.39, 0.29) is 12.2 Å². The van der Waals surface area contributed by atoms with Crippen molar-refractivity contribution >= 4 is 10.9 Å². The highest BCUT2D eigenvalue weighted by molar-refractivity contribution is 5.91. The molecule has 5 heteroatoms. The summed E-state index contributed by atoms with van der Waals surface area (Å²) in [5.74, 6) is 1.08. The molecule has 23 heavy (non-hydrogen) atoms. The van der Waals surface area contributed by atoms with Gasteiger partial charge in [-0.25, -0.2) is 4.39 Å². The molecule has 114 valence electrons. The van der Waals surface area contributed by atoms with Crippen molar-refractivity contribution in [2.75, 3.05) is 13.2 Å². The van der Waals surface area contributed by atoms with Crippen LogP contribution < -0.4 is 9.47 Å². The quantitative estimate of drug-likeness (QED) is 0.783. The lowest BCUT2D eigenvalue weighted by molar-refractivity contribution is 0.171. The fraction of sp³-hybridized carbons (Fsp3) is 0.167. The highest BCUT2D eigenvalue weighted by Gasteiger charge is 2.17. The lowest BCUT2D eigenvalue weighted by Gasteiger charge is -2.18. The maximum Gasteiger partial charge on any atom is 0.162 e. The maximum absolute atomic E-state index is 13.6. The Balaban J connectivity index is 1.91. The van der Waals surface area contributed by atoms with Gasteiger partial charge in [-0.1, -0.05) is 0 Å². The van der Waals surface area contributed by atoms with Crippen LogP contribution in [0.5, 0.6) is 11.5 Å². The lowest BCUT2D eigenvalue weighted by Crippen LogP contribution is -2.15. The third kappa shape index (κ3) is 2.29. The fourth-order valence-corrected chi connectivity index (χ4v) is 2.93. The molecule has 1 aromatic heterocycles. The summed E-state index contributed by atoms with van der Waals surface area (Å²) >= 11 is 0. The normalized spacial score (nSPS) is 13.0. The Hall–Kier alpha value is -3.00. The number of hydrogen-bond donors (Lipinski definition) is 1. The van der Waals surface area contributed by atoms with Gasteiger partial charge in [0.2, 0.25) is 0 Å². The lowest BCUT2D eigenvalue weighted by atomic mass is 10.0. The van der Waals surface area contributed by atoms with Crippen LogP contribution >= 0.6 is 0 Å². The molecule has 1 N–H and O–H groups in total. The number of ether oxygens (including phenoxy) is 2. The second kappa shape index (κ2) is 5.33. The molecular formula is C18H13FN2O2. The Morgan fingerprint density at radius 3 is 2.74 bits per heavy atom. The Morgan fingerprint density at radius 2 is 1.91 bits per heavy atom. The second-order valence-corrected chi connectivity index (χ2v) is 5.36. The summed E-state index contributed by atoms with van der Waals surface area (Å²) in [5.41, 5.74) is 3.29. The molecule has 2 aromatic carbocycles. The van der Waals surface area contributed by atoms with Crippen LogP contribution in [0.15, 0.2) is 36.4 Å². The number of nitrogens with one attached hydrogen (secondary N) is 1. The average molecular weight is 308 g/mol. The number of aromatic amines is 1. The number of rotatable bonds is 2. The van der Waals surface area contributed by atoms with Crippen LogP contribution in [0.1, 0.15) is 5.56 Å². The van der Waals surface area contributed by atoms with Crippen molar-refractivity contribution in [3.05, 3.63) is 47.8 Å². The van der Waals surface area contributed by atoms with Gasteiger partial charge in [-0.2, -0.15) is 5.26 Å². The van der Waals surface area contributed by atoms with Gasteiger partial charge in [0.25, 0.3) is 0 Å². The van der Waals surface area contributed by atoms with E-state index in [1.807, 2.05) is 18.2 Å². The molecule has 1 aliphatic rings. The minimum Gasteiger partial charge on any atom is -0.486 e. The molecule has 0 fully saturated rings. The van der Waals surface area contributed by atoms with Crippen LogP contribution in [-0.2, 0) is 6.42 Å². The topological polar surface area (TPSA) is 58.0 Å². The molecule has 0 bridgehead atoms. The predicted octanol–water partition coefficient (Wildman–Crippen LogP) is 3.81. The van der Waals surface area contributed by atoms with Gasteiger partial charge in [0.15, 0.2) is 11.5 Å². The number of nitriles is 1. The molecule has 4 nitrogen and oxygen atoms in total. The first kappa shape index (κ1) is 13.6. The first-order valence-electron chi connectivity index (χ1n) is 7.33. The van der Waals surface area contributed by atoms with E-state index in [1.165, 1.54) is 12.1 Å². The zero-order chi connectivity index (χ0) is 15.8. The van der Waals surface area contributed by atoms with Crippen molar-refractivity contribution in [2.45, 2.75) is 6.42 Å². The van der Waals surface area contributed by atoms with Crippen molar-refractivity contribution in [3.63, 3.8) is 0 Å². The first-order valence-corrected chi connectivity index (χ1v) is 7.33. The smallest absolute Gasteiger partial charge is 0.162 e. The molecule has 0 aliphatic carbocycles. The standard InChI is InChI=1S/C18H13FN2O2/c19-12-2-3-15-14(10-12)13(5-6-20)18(21-15)11-1-4-16-17(9-11)23-8-7-22-16/h1-4,9-10,21H,5,7-8H2. The van der Waals surface area contributed by atoms with E-state index in [2.05, 4.69) is 11.1 Å². The van der Waals surface area contributed by atoms with Crippen LogP contribution in [0.2, 0.25) is 0 Å². The first-order chi connectivity index (χ1) is 11.3. The van der Waals surface area contributed by atoms with Crippen molar-refractivity contribution in [3.8, 4) is 28.8 Å². The number of hydrogen-bond acceptors (Lipinski definition) is 3. The third-order valence-corrected chi connectivity index (χ3v) is 3.95. The number of halogens is 1. The number of H-pyrrole nitrogens is 1. The van der Waals surface area contributed by atoms with Crippen LogP contribution in [0.25, 0.3) is 22.2 Å². The van der Waals surface area contributed by atoms with Crippen LogP contribution in [0, 0.1) is 17.1 Å². The van der Waals surface area contributed by atoms with Crippen LogP contribution in [0.4, 0.5) is 4.39 Å². The number of aromatic nitrogens is 1. The van der Waals surface area contributed by atoms with E-state index in [9.17, 15) is 4.39 Å². The summed E-state index contributed by atoms with van der Waals surface area (Å²) in [7, 11) is 0. The van der Waals surface area contributed by atoms with E-state index in [0.29, 0.717) is 24.7 Å². The molecule has 0 atom stereocenters. The van der Waals surface area contributed by atoms with Gasteiger partial charge in [0.1, 0.15) is 19.0 Å². The van der Waals surface area contributed by atoms with Gasteiger partial charge in [-0.15, -0.1) is 0 Å². The van der Waals surface area contributed by atoms with E-state index < -0.39 is 0 Å². The SMILES string of the molecule is N#CCc1c(-c2ccc3c(c2)OCCO3)[nH]c2ccc(F)cc12. The summed E-state index contributed by atoms with van der Waals surface area (Å²) < 4.78 is 24.7. The molecule has 2 heterocycles. The van der Waals surface area contributed by atoms with E-state index in [0.717, 1.165) is 27.7 Å². The van der Waals surface area contributed by atoms with Gasteiger partial charge in [-0.3, -0.25) is 0 Å². The van der Waals surface area contributed by atoms with Crippen molar-refractivity contribution < 1.29 is 13.9 Å². The summed E-state index contributed by atoms with van der Waals surface area (Å²) in [6.07, 6.45) is 0.202. The van der Waals surface area contributed by atoms with Crippen LogP contribution in [-0.4, -0.2) is 18.2 Å². The molecule has 0 saturated carbocycles. The largest absolute Gasteiger partial charge is 0.486 e. The molecule has 3 aromatic rings. The predicted molar refractivity (Wildman–Crippen MR) is 84.0 cm³/mol. The Bertz CT molecular complexity index is 940. The van der Waals surface area contributed by atoms with Gasteiger partial charge < -0.3 is 14.5 Å². The highest BCUT2D eigenvalue weighted by Crippen LogP contribution is 2.37. The van der Waals surface area contributed by atoms with E-state index in [4.69, 9.17) is 14.7 Å². The summed E-state index contributed by atoms with van der Waals surface area (Å²) in [6, 6.07) is 12.4. The molecular weight excluding hydrogens is 295 g/mol. The summed E-state index contributed by atoms with van der Waals surface area (Å²) in [5, 5.41) is 9.86. The molecule has 1 aliphatic heterocycles. The van der Waals surface area contributed by atoms with Gasteiger partial charge in [-0.05, 0) is 42.0 Å². The number of benzene rings is 2.